The van der Waals surface area contributed by atoms with Gasteiger partial charge in [-0.25, -0.2) is 8.96 Å². The molecule has 0 radical (unpaired) electrons. The van der Waals surface area contributed by atoms with Gasteiger partial charge in [0.1, 0.15) is 22.3 Å². The average molecular weight is 491 g/mol. The number of pyridine rings is 2. The first-order valence-corrected chi connectivity index (χ1v) is 11.1. The summed E-state index contributed by atoms with van der Waals surface area (Å²) < 4.78 is 13.6. The van der Waals surface area contributed by atoms with Crippen LogP contribution in [0.4, 0.5) is 0 Å². The summed E-state index contributed by atoms with van der Waals surface area (Å²) in [7, 11) is 3.13. The number of methoxy groups -OCH3 is 2. The van der Waals surface area contributed by atoms with Gasteiger partial charge in [0.15, 0.2) is 0 Å². The SMILES string of the molecule is CCCCc1c(-c2c(OC)cccc2OC)c(O)cc(=O)n1Sc1ccc(Br)cn1. The molecule has 0 spiro atoms. The Morgan fingerprint density at radius 3 is 2.40 bits per heavy atom. The second kappa shape index (κ2) is 10.0. The van der Waals surface area contributed by atoms with E-state index in [4.69, 9.17) is 9.47 Å². The van der Waals surface area contributed by atoms with Crippen molar-refractivity contribution in [3.8, 4) is 28.4 Å². The van der Waals surface area contributed by atoms with Gasteiger partial charge < -0.3 is 14.6 Å². The number of ether oxygens (including phenoxy) is 2. The summed E-state index contributed by atoms with van der Waals surface area (Å²) in [6, 6.07) is 10.4. The molecule has 0 saturated heterocycles. The lowest BCUT2D eigenvalue weighted by atomic mass is 9.98. The Morgan fingerprint density at radius 1 is 1.13 bits per heavy atom. The summed E-state index contributed by atoms with van der Waals surface area (Å²) in [5, 5.41) is 11.5. The summed E-state index contributed by atoms with van der Waals surface area (Å²) in [4.78, 5) is 17.2. The quantitative estimate of drug-likeness (QED) is 0.462. The summed E-state index contributed by atoms with van der Waals surface area (Å²) in [5.41, 5.74) is 1.52. The van der Waals surface area contributed by atoms with Crippen LogP contribution in [0.3, 0.4) is 0 Å². The second-order valence-electron chi connectivity index (χ2n) is 6.53. The van der Waals surface area contributed by atoms with Crippen LogP contribution in [0.15, 0.2) is 56.9 Å². The predicted octanol–water partition coefficient (Wildman–Crippen LogP) is 5.29. The zero-order chi connectivity index (χ0) is 21.7. The minimum Gasteiger partial charge on any atom is -0.507 e. The molecule has 30 heavy (non-hydrogen) atoms. The van der Waals surface area contributed by atoms with Gasteiger partial charge in [-0.2, -0.15) is 0 Å². The van der Waals surface area contributed by atoms with Gasteiger partial charge in [0.25, 0.3) is 5.56 Å². The van der Waals surface area contributed by atoms with Gasteiger partial charge in [-0.05, 0) is 53.0 Å². The lowest BCUT2D eigenvalue weighted by molar-refractivity contribution is 0.396. The number of halogens is 1. The van der Waals surface area contributed by atoms with Crippen LogP contribution in [0.5, 0.6) is 17.2 Å². The molecule has 1 aromatic carbocycles. The van der Waals surface area contributed by atoms with Crippen LogP contribution < -0.4 is 15.0 Å². The van der Waals surface area contributed by atoms with Gasteiger partial charge >= 0.3 is 0 Å². The molecule has 2 aromatic heterocycles. The van der Waals surface area contributed by atoms with E-state index in [1.165, 1.54) is 18.0 Å². The number of hydrogen-bond donors (Lipinski definition) is 1. The molecule has 0 amide bonds. The molecular formula is C22H23BrN2O4S. The molecule has 0 atom stereocenters. The zero-order valence-electron chi connectivity index (χ0n) is 17.0. The van der Waals surface area contributed by atoms with Crippen molar-refractivity contribution in [1.29, 1.82) is 0 Å². The van der Waals surface area contributed by atoms with E-state index in [1.54, 1.807) is 36.5 Å². The molecule has 0 aliphatic heterocycles. The Bertz CT molecular complexity index is 1060. The van der Waals surface area contributed by atoms with Gasteiger partial charge in [0.05, 0.1) is 25.3 Å². The fraction of sp³-hybridized carbons (Fsp3) is 0.273. The largest absolute Gasteiger partial charge is 0.507 e. The maximum Gasteiger partial charge on any atom is 0.264 e. The van der Waals surface area contributed by atoms with Crippen LogP contribution in [-0.2, 0) is 6.42 Å². The normalized spacial score (nSPS) is 10.8. The van der Waals surface area contributed by atoms with Crippen LogP contribution in [-0.4, -0.2) is 28.3 Å². The number of benzene rings is 1. The molecule has 0 aliphatic rings. The summed E-state index contributed by atoms with van der Waals surface area (Å²) in [6.07, 6.45) is 4.07. The first-order valence-electron chi connectivity index (χ1n) is 9.49. The number of aromatic hydroxyl groups is 1. The molecule has 3 rings (SSSR count). The van der Waals surface area contributed by atoms with E-state index in [2.05, 4.69) is 27.8 Å². The number of hydrogen-bond acceptors (Lipinski definition) is 6. The van der Waals surface area contributed by atoms with Crippen LogP contribution in [0.1, 0.15) is 25.5 Å². The highest BCUT2D eigenvalue weighted by Crippen LogP contribution is 2.44. The van der Waals surface area contributed by atoms with E-state index in [0.29, 0.717) is 39.8 Å². The molecule has 0 bridgehead atoms. The van der Waals surface area contributed by atoms with Crippen molar-refractivity contribution in [3.63, 3.8) is 0 Å². The first-order chi connectivity index (χ1) is 14.5. The molecular weight excluding hydrogens is 468 g/mol. The fourth-order valence-corrected chi connectivity index (χ4v) is 4.27. The molecule has 1 N–H and O–H groups in total. The average Bonchev–Trinajstić information content (AvgIpc) is 2.75. The minimum absolute atomic E-state index is 0.102. The molecule has 3 aromatic rings. The van der Waals surface area contributed by atoms with Crippen LogP contribution in [0.25, 0.3) is 11.1 Å². The molecule has 0 saturated carbocycles. The van der Waals surface area contributed by atoms with Crippen molar-refractivity contribution in [2.45, 2.75) is 31.2 Å². The molecule has 0 aliphatic carbocycles. The number of unbranched alkanes of at least 4 members (excludes halogenated alkanes) is 1. The third-order valence-corrected chi connectivity index (χ3v) is 6.06. The maximum absolute atomic E-state index is 12.9. The van der Waals surface area contributed by atoms with E-state index in [-0.39, 0.29) is 11.3 Å². The van der Waals surface area contributed by atoms with Crippen molar-refractivity contribution < 1.29 is 14.6 Å². The molecule has 8 heteroatoms. The smallest absolute Gasteiger partial charge is 0.264 e. The van der Waals surface area contributed by atoms with Crippen molar-refractivity contribution in [2.24, 2.45) is 0 Å². The van der Waals surface area contributed by atoms with Gasteiger partial charge in [-0.3, -0.25) is 4.79 Å². The lowest BCUT2D eigenvalue weighted by Gasteiger charge is -2.20. The number of nitrogens with zero attached hydrogens (tertiary/aromatic N) is 2. The Labute approximate surface area is 188 Å². The van der Waals surface area contributed by atoms with Gasteiger partial charge in [-0.15, -0.1) is 0 Å². The summed E-state index contributed by atoms with van der Waals surface area (Å²) in [5.74, 6) is 1.01. The van der Waals surface area contributed by atoms with E-state index < -0.39 is 0 Å². The van der Waals surface area contributed by atoms with E-state index in [0.717, 1.165) is 17.3 Å². The topological polar surface area (TPSA) is 73.6 Å². The molecule has 6 nitrogen and oxygen atoms in total. The number of aromatic nitrogens is 2. The Hall–Kier alpha value is -2.45. The summed E-state index contributed by atoms with van der Waals surface area (Å²) >= 11 is 4.60. The van der Waals surface area contributed by atoms with Gasteiger partial charge in [0, 0.05) is 34.4 Å². The van der Waals surface area contributed by atoms with Crippen LogP contribution in [0.2, 0.25) is 0 Å². The van der Waals surface area contributed by atoms with Gasteiger partial charge in [0.2, 0.25) is 0 Å². The predicted molar refractivity (Wildman–Crippen MR) is 123 cm³/mol. The van der Waals surface area contributed by atoms with Crippen LogP contribution >= 0.6 is 27.9 Å². The molecule has 158 valence electrons. The standard InChI is InChI=1S/C22H23BrN2O4S/c1-4-5-7-15-21(22-17(28-2)8-6-9-18(22)29-3)16(26)12-20(27)25(15)30-19-11-10-14(23)13-24-19/h6,8-13,26H,4-5,7H2,1-3H3. The van der Waals surface area contributed by atoms with Crippen molar-refractivity contribution in [2.75, 3.05) is 14.2 Å². The highest BCUT2D eigenvalue weighted by Gasteiger charge is 2.23. The molecule has 0 unspecified atom stereocenters. The molecule has 0 fully saturated rings. The van der Waals surface area contributed by atoms with E-state index >= 15 is 0 Å². The van der Waals surface area contributed by atoms with Crippen molar-refractivity contribution in [3.05, 3.63) is 63.1 Å². The Kier molecular flexibility index (Phi) is 7.44. The third-order valence-electron chi connectivity index (χ3n) is 4.58. The first kappa shape index (κ1) is 22.2. The van der Waals surface area contributed by atoms with Gasteiger partial charge in [-0.1, -0.05) is 19.4 Å². The second-order valence-corrected chi connectivity index (χ2v) is 8.41. The zero-order valence-corrected chi connectivity index (χ0v) is 19.4. The highest BCUT2D eigenvalue weighted by molar-refractivity contribution is 9.10. The Morgan fingerprint density at radius 2 is 1.83 bits per heavy atom. The lowest BCUT2D eigenvalue weighted by Crippen LogP contribution is -2.19. The van der Waals surface area contributed by atoms with Crippen LogP contribution in [0, 0.1) is 0 Å². The van der Waals surface area contributed by atoms with E-state index in [9.17, 15) is 9.90 Å². The Balaban J connectivity index is 2.28. The third kappa shape index (κ3) is 4.65. The van der Waals surface area contributed by atoms with Crippen molar-refractivity contribution >= 4 is 27.9 Å². The minimum atomic E-state index is -0.314. The number of rotatable bonds is 8. The van der Waals surface area contributed by atoms with Crippen molar-refractivity contribution in [1.82, 2.24) is 8.96 Å². The maximum atomic E-state index is 12.9. The highest BCUT2D eigenvalue weighted by atomic mass is 79.9. The van der Waals surface area contributed by atoms with E-state index in [1.807, 2.05) is 18.2 Å². The molecule has 2 heterocycles. The summed E-state index contributed by atoms with van der Waals surface area (Å²) in [6.45, 7) is 2.08. The fourth-order valence-electron chi connectivity index (χ4n) is 3.18. The monoisotopic (exact) mass is 490 g/mol.